The molecular weight excluding hydrogens is 305 g/mol. The minimum atomic E-state index is -0.924. The van der Waals surface area contributed by atoms with Crippen LogP contribution >= 0.6 is 27.5 Å². The first kappa shape index (κ1) is 14.5. The highest BCUT2D eigenvalue weighted by Crippen LogP contribution is 2.22. The Morgan fingerprint density at radius 2 is 2.12 bits per heavy atom. The van der Waals surface area contributed by atoms with Gasteiger partial charge in [-0.25, -0.2) is 0 Å². The molecule has 0 saturated heterocycles. The number of hydrogen-bond acceptors (Lipinski definition) is 2. The molecule has 1 aromatic rings. The van der Waals surface area contributed by atoms with E-state index in [-0.39, 0.29) is 12.5 Å². The molecular formula is C12H15BrClNO2. The van der Waals surface area contributed by atoms with Gasteiger partial charge in [-0.3, -0.25) is 4.79 Å². The van der Waals surface area contributed by atoms with Gasteiger partial charge in [0.15, 0.2) is 0 Å². The molecule has 0 atom stereocenters. The van der Waals surface area contributed by atoms with Gasteiger partial charge in [0.1, 0.15) is 0 Å². The van der Waals surface area contributed by atoms with Gasteiger partial charge in [-0.2, -0.15) is 0 Å². The van der Waals surface area contributed by atoms with Crippen molar-refractivity contribution in [3.8, 4) is 0 Å². The zero-order valence-corrected chi connectivity index (χ0v) is 12.3. The maximum Gasteiger partial charge on any atom is 0.255 e. The van der Waals surface area contributed by atoms with Crippen molar-refractivity contribution in [3.63, 3.8) is 0 Å². The number of carbonyl (C=O) groups is 1. The molecule has 0 aliphatic carbocycles. The van der Waals surface area contributed by atoms with Crippen molar-refractivity contribution >= 4 is 33.4 Å². The van der Waals surface area contributed by atoms with Crippen molar-refractivity contribution in [1.29, 1.82) is 0 Å². The molecule has 0 aliphatic heterocycles. The molecule has 5 heteroatoms. The Balaban J connectivity index is 2.89. The number of amides is 1. The van der Waals surface area contributed by atoms with Crippen LogP contribution in [0.5, 0.6) is 0 Å². The summed E-state index contributed by atoms with van der Waals surface area (Å²) >= 11 is 9.28. The van der Waals surface area contributed by atoms with Crippen LogP contribution in [0.15, 0.2) is 22.7 Å². The Morgan fingerprint density at radius 3 is 2.59 bits per heavy atom. The largest absolute Gasteiger partial charge is 0.389 e. The van der Waals surface area contributed by atoms with E-state index in [1.165, 1.54) is 4.90 Å². The Labute approximate surface area is 115 Å². The Bertz CT molecular complexity index is 429. The highest BCUT2D eigenvalue weighted by atomic mass is 79.9. The third-order valence-electron chi connectivity index (χ3n) is 2.13. The van der Waals surface area contributed by atoms with Crippen LogP contribution in [0.4, 0.5) is 0 Å². The van der Waals surface area contributed by atoms with Gasteiger partial charge >= 0.3 is 0 Å². The summed E-state index contributed by atoms with van der Waals surface area (Å²) in [6.45, 7) is 3.55. The van der Waals surface area contributed by atoms with Crippen LogP contribution in [0.3, 0.4) is 0 Å². The SMILES string of the molecule is CN(CC(C)(C)O)C(=O)c1ccc(Br)cc1Cl. The molecule has 1 rings (SSSR count). The van der Waals surface area contributed by atoms with E-state index in [0.29, 0.717) is 10.6 Å². The topological polar surface area (TPSA) is 40.5 Å². The van der Waals surface area contributed by atoms with Gasteiger partial charge in [-0.05, 0) is 32.0 Å². The molecule has 94 valence electrons. The molecule has 1 N–H and O–H groups in total. The van der Waals surface area contributed by atoms with E-state index >= 15 is 0 Å². The number of rotatable bonds is 3. The quantitative estimate of drug-likeness (QED) is 0.930. The summed E-state index contributed by atoms with van der Waals surface area (Å²) < 4.78 is 0.823. The standard InChI is InChI=1S/C12H15BrClNO2/c1-12(2,17)7-15(3)11(16)9-5-4-8(13)6-10(9)14/h4-6,17H,7H2,1-3H3. The smallest absolute Gasteiger partial charge is 0.255 e. The molecule has 0 aliphatic rings. The van der Waals surface area contributed by atoms with Crippen molar-refractivity contribution < 1.29 is 9.90 Å². The predicted molar refractivity (Wildman–Crippen MR) is 72.4 cm³/mol. The van der Waals surface area contributed by atoms with Crippen LogP contribution in [0.1, 0.15) is 24.2 Å². The van der Waals surface area contributed by atoms with Crippen molar-refractivity contribution in [2.75, 3.05) is 13.6 Å². The van der Waals surface area contributed by atoms with Gasteiger partial charge < -0.3 is 10.0 Å². The maximum atomic E-state index is 12.1. The lowest BCUT2D eigenvalue weighted by Gasteiger charge is -2.25. The fraction of sp³-hybridized carbons (Fsp3) is 0.417. The Kier molecular flexibility index (Phi) is 4.58. The number of nitrogens with zero attached hydrogens (tertiary/aromatic N) is 1. The third kappa shape index (κ3) is 4.30. The lowest BCUT2D eigenvalue weighted by molar-refractivity contribution is 0.0368. The van der Waals surface area contributed by atoms with Crippen molar-refractivity contribution in [2.45, 2.75) is 19.4 Å². The first-order valence-electron chi connectivity index (χ1n) is 5.13. The summed E-state index contributed by atoms with van der Waals surface area (Å²) in [6, 6.07) is 5.10. The normalized spacial score (nSPS) is 11.4. The van der Waals surface area contributed by atoms with E-state index in [4.69, 9.17) is 11.6 Å². The van der Waals surface area contributed by atoms with E-state index in [2.05, 4.69) is 15.9 Å². The lowest BCUT2D eigenvalue weighted by Crippen LogP contribution is -2.39. The summed E-state index contributed by atoms with van der Waals surface area (Å²) in [7, 11) is 1.64. The average molecular weight is 321 g/mol. The van der Waals surface area contributed by atoms with Crippen molar-refractivity contribution in [1.82, 2.24) is 4.90 Å². The molecule has 0 bridgehead atoms. The van der Waals surface area contributed by atoms with Crippen molar-refractivity contribution in [3.05, 3.63) is 33.3 Å². The second-order valence-corrected chi connectivity index (χ2v) is 5.92. The van der Waals surface area contributed by atoms with Crippen LogP contribution in [-0.2, 0) is 0 Å². The highest BCUT2D eigenvalue weighted by molar-refractivity contribution is 9.10. The molecule has 0 radical (unpaired) electrons. The summed E-state index contributed by atoms with van der Waals surface area (Å²) in [5.41, 5.74) is -0.492. The number of carbonyl (C=O) groups excluding carboxylic acids is 1. The van der Waals surface area contributed by atoms with E-state index < -0.39 is 5.60 Å². The summed E-state index contributed by atoms with van der Waals surface area (Å²) in [5, 5.41) is 10.1. The molecule has 1 amide bonds. The number of hydrogen-bond donors (Lipinski definition) is 1. The minimum absolute atomic E-state index is 0.204. The average Bonchev–Trinajstić information content (AvgIpc) is 2.14. The second kappa shape index (κ2) is 5.38. The lowest BCUT2D eigenvalue weighted by atomic mass is 10.1. The molecule has 0 heterocycles. The molecule has 0 spiro atoms. The van der Waals surface area contributed by atoms with Gasteiger partial charge in [-0.15, -0.1) is 0 Å². The van der Waals surface area contributed by atoms with Gasteiger partial charge in [0.2, 0.25) is 0 Å². The van der Waals surface area contributed by atoms with Crippen LogP contribution in [0, 0.1) is 0 Å². The summed E-state index contributed by atoms with van der Waals surface area (Å²) in [5.74, 6) is -0.204. The number of likely N-dealkylation sites (N-methyl/N-ethyl adjacent to an activating group) is 1. The van der Waals surface area contributed by atoms with Crippen LogP contribution in [0.25, 0.3) is 0 Å². The van der Waals surface area contributed by atoms with Crippen LogP contribution < -0.4 is 0 Å². The van der Waals surface area contributed by atoms with E-state index in [0.717, 1.165) is 4.47 Å². The monoisotopic (exact) mass is 319 g/mol. The van der Waals surface area contributed by atoms with Gasteiger partial charge in [0, 0.05) is 18.1 Å². The fourth-order valence-electron chi connectivity index (χ4n) is 1.52. The first-order valence-corrected chi connectivity index (χ1v) is 6.31. The number of aliphatic hydroxyl groups is 1. The fourth-order valence-corrected chi connectivity index (χ4v) is 2.28. The number of benzene rings is 1. The van der Waals surface area contributed by atoms with Crippen LogP contribution in [0.2, 0.25) is 5.02 Å². The predicted octanol–water partition coefficient (Wildman–Crippen LogP) is 2.95. The van der Waals surface area contributed by atoms with E-state index in [1.807, 2.05) is 0 Å². The van der Waals surface area contributed by atoms with Gasteiger partial charge in [0.25, 0.3) is 5.91 Å². The number of halogens is 2. The van der Waals surface area contributed by atoms with Crippen LogP contribution in [-0.4, -0.2) is 35.1 Å². The van der Waals surface area contributed by atoms with Gasteiger partial charge in [0.05, 0.1) is 16.2 Å². The Morgan fingerprint density at radius 1 is 1.53 bits per heavy atom. The molecule has 1 aromatic carbocycles. The molecule has 0 saturated carbocycles. The van der Waals surface area contributed by atoms with Crippen molar-refractivity contribution in [2.24, 2.45) is 0 Å². The minimum Gasteiger partial charge on any atom is -0.389 e. The zero-order valence-electron chi connectivity index (χ0n) is 10.00. The third-order valence-corrected chi connectivity index (χ3v) is 2.94. The second-order valence-electron chi connectivity index (χ2n) is 4.60. The summed E-state index contributed by atoms with van der Waals surface area (Å²) in [4.78, 5) is 13.5. The maximum absolute atomic E-state index is 12.1. The van der Waals surface area contributed by atoms with E-state index in [9.17, 15) is 9.90 Å². The Hall–Kier alpha value is -0.580. The highest BCUT2D eigenvalue weighted by Gasteiger charge is 2.21. The summed E-state index contributed by atoms with van der Waals surface area (Å²) in [6.07, 6.45) is 0. The molecule has 0 fully saturated rings. The molecule has 0 aromatic heterocycles. The molecule has 17 heavy (non-hydrogen) atoms. The zero-order chi connectivity index (χ0) is 13.2. The molecule has 0 unspecified atom stereocenters. The molecule has 3 nitrogen and oxygen atoms in total. The first-order chi connectivity index (χ1) is 7.70. The van der Waals surface area contributed by atoms with Gasteiger partial charge in [-0.1, -0.05) is 27.5 Å². The van der Waals surface area contributed by atoms with E-state index in [1.54, 1.807) is 39.1 Å².